The molecular weight excluding hydrogens is 435 g/mol. The van der Waals surface area contributed by atoms with E-state index >= 15 is 0 Å². The molecule has 3 aliphatic heterocycles. The summed E-state index contributed by atoms with van der Waals surface area (Å²) in [4.78, 5) is 18.4. The Balaban J connectivity index is 1.66. The molecule has 33 heavy (non-hydrogen) atoms. The van der Waals surface area contributed by atoms with Crippen molar-refractivity contribution in [3.63, 3.8) is 0 Å². The van der Waals surface area contributed by atoms with Crippen molar-refractivity contribution < 1.29 is 18.3 Å². The van der Waals surface area contributed by atoms with E-state index in [0.717, 1.165) is 31.6 Å². The molecule has 2 saturated heterocycles. The standard InChI is InChI=1S/C22H30F3N7O/c1-3-27-18(12-26-2)28-21(33)32-16-7-5-10-30(14-16)17-8-9-19(29-20(17)32)31-11-4-6-15(13-31)22(23,24)25/h3,8-9,12,15-16,21,28,33H,2,4-7,10-11,13-14H2,1H3/b18-12+,27-3?/t15?,16-,21?/m0/s1. The van der Waals surface area contributed by atoms with Gasteiger partial charge in [-0.3, -0.25) is 4.99 Å². The predicted molar refractivity (Wildman–Crippen MR) is 124 cm³/mol. The molecule has 0 aliphatic carbocycles. The average Bonchev–Trinajstić information content (AvgIpc) is 2.79. The number of halogens is 3. The molecule has 180 valence electrons. The van der Waals surface area contributed by atoms with Crippen LogP contribution in [0.5, 0.6) is 0 Å². The van der Waals surface area contributed by atoms with E-state index in [0.29, 0.717) is 30.4 Å². The van der Waals surface area contributed by atoms with Crippen LogP contribution in [-0.2, 0) is 0 Å². The summed E-state index contributed by atoms with van der Waals surface area (Å²) in [6.45, 7) is 7.23. The zero-order chi connectivity index (χ0) is 23.6. The number of alkyl halides is 3. The summed E-state index contributed by atoms with van der Waals surface area (Å²) >= 11 is 0. The molecule has 11 heteroatoms. The first kappa shape index (κ1) is 23.3. The van der Waals surface area contributed by atoms with Crippen LogP contribution >= 0.6 is 0 Å². The third kappa shape index (κ3) is 4.92. The number of hydrogen-bond donors (Lipinski definition) is 2. The van der Waals surface area contributed by atoms with Gasteiger partial charge in [0.2, 0.25) is 6.35 Å². The number of aliphatic imine (C=N–C) groups is 2. The number of piperidine rings is 2. The lowest BCUT2D eigenvalue weighted by atomic mass is 9.97. The van der Waals surface area contributed by atoms with Gasteiger partial charge in [-0.25, -0.2) is 9.98 Å². The Bertz CT molecular complexity index is 920. The van der Waals surface area contributed by atoms with Crippen molar-refractivity contribution in [3.05, 3.63) is 24.2 Å². The first-order valence-electron chi connectivity index (χ1n) is 11.3. The van der Waals surface area contributed by atoms with E-state index in [2.05, 4.69) is 26.9 Å². The van der Waals surface area contributed by atoms with Gasteiger partial charge in [-0.05, 0) is 51.5 Å². The molecule has 1 aromatic heterocycles. The van der Waals surface area contributed by atoms with Crippen molar-refractivity contribution in [2.45, 2.75) is 51.2 Å². The van der Waals surface area contributed by atoms with Crippen molar-refractivity contribution in [1.29, 1.82) is 0 Å². The Morgan fingerprint density at radius 2 is 2.00 bits per heavy atom. The lowest BCUT2D eigenvalue weighted by Crippen LogP contribution is -2.59. The summed E-state index contributed by atoms with van der Waals surface area (Å²) in [5, 5.41) is 14.1. The van der Waals surface area contributed by atoms with Crippen LogP contribution < -0.4 is 20.0 Å². The highest BCUT2D eigenvalue weighted by molar-refractivity contribution is 5.73. The van der Waals surface area contributed by atoms with Gasteiger partial charge in [0.05, 0.1) is 23.8 Å². The summed E-state index contributed by atoms with van der Waals surface area (Å²) in [6.07, 6.45) is 0.0719. The Hall–Kier alpha value is -2.82. The van der Waals surface area contributed by atoms with E-state index in [1.807, 2.05) is 11.0 Å². The molecule has 0 saturated carbocycles. The maximum absolute atomic E-state index is 13.3. The first-order valence-corrected chi connectivity index (χ1v) is 11.3. The molecule has 0 amide bonds. The monoisotopic (exact) mass is 465 g/mol. The molecule has 2 fully saturated rings. The number of fused-ring (bicyclic) bond motifs is 4. The van der Waals surface area contributed by atoms with Crippen LogP contribution in [0.25, 0.3) is 0 Å². The molecule has 8 nitrogen and oxygen atoms in total. The van der Waals surface area contributed by atoms with Gasteiger partial charge in [0.15, 0.2) is 5.82 Å². The van der Waals surface area contributed by atoms with Gasteiger partial charge < -0.3 is 25.1 Å². The van der Waals surface area contributed by atoms with Crippen molar-refractivity contribution in [2.75, 3.05) is 40.9 Å². The highest BCUT2D eigenvalue weighted by Gasteiger charge is 2.43. The fraction of sp³-hybridized carbons (Fsp3) is 0.591. The van der Waals surface area contributed by atoms with Crippen molar-refractivity contribution in [1.82, 2.24) is 10.3 Å². The second-order valence-electron chi connectivity index (χ2n) is 8.59. The van der Waals surface area contributed by atoms with E-state index in [1.165, 1.54) is 6.20 Å². The van der Waals surface area contributed by atoms with Crippen LogP contribution in [0.3, 0.4) is 0 Å². The molecule has 2 bridgehead atoms. The molecular formula is C22H30F3N7O. The normalized spacial score (nSPS) is 24.6. The number of hydrogen-bond acceptors (Lipinski definition) is 8. The van der Waals surface area contributed by atoms with Crippen molar-refractivity contribution >= 4 is 30.3 Å². The minimum absolute atomic E-state index is 0.00401. The molecule has 2 unspecified atom stereocenters. The van der Waals surface area contributed by atoms with Gasteiger partial charge in [-0.15, -0.1) is 0 Å². The van der Waals surface area contributed by atoms with Gasteiger partial charge in [0.25, 0.3) is 0 Å². The average molecular weight is 466 g/mol. The Morgan fingerprint density at radius 3 is 2.73 bits per heavy atom. The molecule has 3 atom stereocenters. The van der Waals surface area contributed by atoms with E-state index < -0.39 is 18.4 Å². The largest absolute Gasteiger partial charge is 0.393 e. The first-order chi connectivity index (χ1) is 15.8. The van der Waals surface area contributed by atoms with Crippen LogP contribution in [-0.4, -0.2) is 67.8 Å². The van der Waals surface area contributed by atoms with Gasteiger partial charge in [-0.2, -0.15) is 13.2 Å². The van der Waals surface area contributed by atoms with E-state index in [-0.39, 0.29) is 19.0 Å². The maximum atomic E-state index is 13.3. The summed E-state index contributed by atoms with van der Waals surface area (Å²) in [5.74, 6) is 0.0433. The summed E-state index contributed by atoms with van der Waals surface area (Å²) in [7, 11) is 0. The molecule has 4 rings (SSSR count). The summed E-state index contributed by atoms with van der Waals surface area (Å²) in [5.41, 5.74) is 0.867. The topological polar surface area (TPSA) is 79.6 Å². The molecule has 0 spiro atoms. The smallest absolute Gasteiger partial charge is 0.366 e. The Morgan fingerprint density at radius 1 is 1.24 bits per heavy atom. The van der Waals surface area contributed by atoms with Gasteiger partial charge in [0.1, 0.15) is 11.6 Å². The number of aliphatic hydroxyl groups is 1. The van der Waals surface area contributed by atoms with Crippen molar-refractivity contribution in [2.24, 2.45) is 15.9 Å². The van der Waals surface area contributed by atoms with Gasteiger partial charge >= 0.3 is 6.18 Å². The SMILES string of the molecule is C=N/C=C(\N=CC)NC(O)N1c2nc(N3CCCC(C(F)(F)F)C3)ccc2N2CCC[C@H]1C2. The fourth-order valence-electron chi connectivity index (χ4n) is 4.92. The fourth-order valence-corrected chi connectivity index (χ4v) is 4.92. The highest BCUT2D eigenvalue weighted by Crippen LogP contribution is 2.41. The predicted octanol–water partition coefficient (Wildman–Crippen LogP) is 3.10. The highest BCUT2D eigenvalue weighted by atomic mass is 19.4. The third-order valence-electron chi connectivity index (χ3n) is 6.45. The lowest BCUT2D eigenvalue weighted by molar-refractivity contribution is -0.176. The van der Waals surface area contributed by atoms with Gasteiger partial charge in [-0.1, -0.05) is 0 Å². The summed E-state index contributed by atoms with van der Waals surface area (Å²) < 4.78 is 40.0. The number of aliphatic hydroxyl groups excluding tert-OH is 1. The number of anilines is 3. The second-order valence-corrected chi connectivity index (χ2v) is 8.59. The van der Waals surface area contributed by atoms with Crippen LogP contribution in [0.2, 0.25) is 0 Å². The molecule has 0 radical (unpaired) electrons. The lowest BCUT2D eigenvalue weighted by Gasteiger charge is -2.49. The molecule has 4 heterocycles. The zero-order valence-electron chi connectivity index (χ0n) is 18.7. The zero-order valence-corrected chi connectivity index (χ0v) is 18.7. The van der Waals surface area contributed by atoms with E-state index in [1.54, 1.807) is 24.1 Å². The minimum atomic E-state index is -4.22. The van der Waals surface area contributed by atoms with Crippen LogP contribution in [0, 0.1) is 5.92 Å². The van der Waals surface area contributed by atoms with Gasteiger partial charge in [0, 0.05) is 32.4 Å². The molecule has 2 N–H and O–H groups in total. The van der Waals surface area contributed by atoms with Crippen LogP contribution in [0.15, 0.2) is 34.1 Å². The molecule has 1 aromatic rings. The Labute approximate surface area is 191 Å². The molecule has 0 aromatic carbocycles. The van der Waals surface area contributed by atoms with Crippen LogP contribution in [0.4, 0.5) is 30.5 Å². The number of nitrogens with zero attached hydrogens (tertiary/aromatic N) is 6. The third-order valence-corrected chi connectivity index (χ3v) is 6.45. The molecule has 3 aliphatic rings. The minimum Gasteiger partial charge on any atom is -0.366 e. The number of nitrogens with one attached hydrogen (secondary N) is 1. The van der Waals surface area contributed by atoms with Crippen molar-refractivity contribution in [3.8, 4) is 0 Å². The quantitative estimate of drug-likeness (QED) is 0.497. The second kappa shape index (κ2) is 9.58. The van der Waals surface area contributed by atoms with E-state index in [4.69, 9.17) is 4.98 Å². The van der Waals surface area contributed by atoms with Crippen LogP contribution in [0.1, 0.15) is 32.6 Å². The number of pyridine rings is 1. The summed E-state index contributed by atoms with van der Waals surface area (Å²) in [6, 6.07) is 3.70. The maximum Gasteiger partial charge on any atom is 0.393 e. The number of rotatable bonds is 6. The Kier molecular flexibility index (Phi) is 6.78. The number of aromatic nitrogens is 1. The van der Waals surface area contributed by atoms with E-state index in [9.17, 15) is 18.3 Å².